The minimum Gasteiger partial charge on any atom is -0.422 e. The number of hydrogen-bond acceptors (Lipinski definition) is 4. The van der Waals surface area contributed by atoms with Gasteiger partial charge in [-0.1, -0.05) is 29.8 Å². The Balaban J connectivity index is 1.82. The van der Waals surface area contributed by atoms with E-state index in [-0.39, 0.29) is 11.1 Å². The van der Waals surface area contributed by atoms with Crippen LogP contribution in [0.2, 0.25) is 5.02 Å². The van der Waals surface area contributed by atoms with E-state index in [4.69, 9.17) is 16.0 Å². The molecule has 122 valence electrons. The molecule has 3 aromatic rings. The fourth-order valence-electron chi connectivity index (χ4n) is 2.75. The largest absolute Gasteiger partial charge is 0.422 e. The van der Waals surface area contributed by atoms with Gasteiger partial charge in [-0.3, -0.25) is 9.59 Å². The highest BCUT2D eigenvalue weighted by Crippen LogP contribution is 2.33. The van der Waals surface area contributed by atoms with Crippen LogP contribution in [0.15, 0.2) is 63.8 Å². The van der Waals surface area contributed by atoms with Crippen LogP contribution in [-0.2, 0) is 4.79 Å². The number of rotatable bonds is 2. The number of ketones is 1. The third-order valence-corrected chi connectivity index (χ3v) is 4.18. The van der Waals surface area contributed by atoms with Crippen molar-refractivity contribution in [2.45, 2.75) is 0 Å². The summed E-state index contributed by atoms with van der Waals surface area (Å²) < 4.78 is 5.17. The van der Waals surface area contributed by atoms with Gasteiger partial charge in [0.15, 0.2) is 5.78 Å². The van der Waals surface area contributed by atoms with Gasteiger partial charge in [0, 0.05) is 21.7 Å². The Morgan fingerprint density at radius 2 is 1.88 bits per heavy atom. The Morgan fingerprint density at radius 1 is 1.08 bits per heavy atom. The molecule has 25 heavy (non-hydrogen) atoms. The molecule has 5 nitrogen and oxygen atoms in total. The fourth-order valence-corrected chi connectivity index (χ4v) is 2.92. The molecule has 0 fully saturated rings. The normalized spacial score (nSPS) is 14.6. The molecule has 0 unspecified atom stereocenters. The summed E-state index contributed by atoms with van der Waals surface area (Å²) in [6.07, 6.45) is 1.14. The smallest absolute Gasteiger partial charge is 0.347 e. The van der Waals surface area contributed by atoms with Crippen molar-refractivity contribution in [1.82, 2.24) is 0 Å². The molecule has 1 amide bonds. The van der Waals surface area contributed by atoms with Crippen molar-refractivity contribution >= 4 is 45.5 Å². The molecule has 0 radical (unpaired) electrons. The number of carbonyl (C=O) groups excluding carboxylic acids is 2. The Hall–Kier alpha value is -3.18. The zero-order valence-corrected chi connectivity index (χ0v) is 13.5. The van der Waals surface area contributed by atoms with Crippen molar-refractivity contribution < 1.29 is 14.0 Å². The van der Waals surface area contributed by atoms with Crippen LogP contribution in [0.1, 0.15) is 15.9 Å². The second-order valence-corrected chi connectivity index (χ2v) is 5.99. The third-order valence-electron chi connectivity index (χ3n) is 3.95. The number of carbonyl (C=O) groups is 2. The zero-order chi connectivity index (χ0) is 17.6. The number of anilines is 1. The van der Waals surface area contributed by atoms with Gasteiger partial charge in [0.25, 0.3) is 5.91 Å². The van der Waals surface area contributed by atoms with Crippen molar-refractivity contribution in [3.63, 3.8) is 0 Å². The molecule has 2 aromatic carbocycles. The summed E-state index contributed by atoms with van der Waals surface area (Å²) in [6.45, 7) is 0. The standard InChI is InChI=1S/C19H10ClNO4/c20-11-5-6-15-12(8-11)13(18(23)21-15)9-16(22)14-7-10-3-1-2-4-17(10)25-19(14)24/h1-9H,(H,21,23)/b13-9+. The number of fused-ring (bicyclic) bond motifs is 2. The first kappa shape index (κ1) is 15.4. The summed E-state index contributed by atoms with van der Waals surface area (Å²) in [7, 11) is 0. The fraction of sp³-hybridized carbons (Fsp3) is 0. The van der Waals surface area contributed by atoms with E-state index in [1.165, 1.54) is 6.07 Å². The molecule has 1 aromatic heterocycles. The molecule has 0 aliphatic carbocycles. The van der Waals surface area contributed by atoms with Crippen LogP contribution in [0.25, 0.3) is 16.5 Å². The SMILES string of the molecule is O=C1Nc2ccc(Cl)cc2/C1=C\C(=O)c1cc2ccccc2oc1=O. The monoisotopic (exact) mass is 351 g/mol. The van der Waals surface area contributed by atoms with Gasteiger partial charge in [-0.05, 0) is 36.4 Å². The molecule has 6 heteroatoms. The molecule has 1 N–H and O–H groups in total. The summed E-state index contributed by atoms with van der Waals surface area (Å²) >= 11 is 5.96. The van der Waals surface area contributed by atoms with Crippen LogP contribution < -0.4 is 10.9 Å². The van der Waals surface area contributed by atoms with E-state index in [0.717, 1.165) is 6.08 Å². The van der Waals surface area contributed by atoms with Crippen LogP contribution >= 0.6 is 11.6 Å². The Morgan fingerprint density at radius 3 is 2.72 bits per heavy atom. The average molecular weight is 352 g/mol. The zero-order valence-electron chi connectivity index (χ0n) is 12.7. The van der Waals surface area contributed by atoms with E-state index in [1.54, 1.807) is 42.5 Å². The molecule has 4 rings (SSSR count). The van der Waals surface area contributed by atoms with Crippen molar-refractivity contribution in [3.8, 4) is 0 Å². The van der Waals surface area contributed by atoms with Gasteiger partial charge in [-0.15, -0.1) is 0 Å². The highest BCUT2D eigenvalue weighted by atomic mass is 35.5. The number of para-hydroxylation sites is 1. The second kappa shape index (κ2) is 5.72. The van der Waals surface area contributed by atoms with Gasteiger partial charge < -0.3 is 9.73 Å². The lowest BCUT2D eigenvalue weighted by Gasteiger charge is -2.01. The number of nitrogens with one attached hydrogen (secondary N) is 1. The maximum atomic E-state index is 12.6. The topological polar surface area (TPSA) is 76.4 Å². The van der Waals surface area contributed by atoms with E-state index >= 15 is 0 Å². The number of amides is 1. The molecule has 1 aliphatic rings. The summed E-state index contributed by atoms with van der Waals surface area (Å²) in [6, 6.07) is 13.2. The number of hydrogen-bond donors (Lipinski definition) is 1. The van der Waals surface area contributed by atoms with E-state index < -0.39 is 17.3 Å². The number of halogens is 1. The molecule has 2 heterocycles. The van der Waals surface area contributed by atoms with Gasteiger partial charge in [0.2, 0.25) is 0 Å². The minimum atomic E-state index is -0.745. The van der Waals surface area contributed by atoms with Gasteiger partial charge >= 0.3 is 5.63 Å². The second-order valence-electron chi connectivity index (χ2n) is 5.55. The lowest BCUT2D eigenvalue weighted by atomic mass is 10.0. The molecule has 0 saturated carbocycles. The highest BCUT2D eigenvalue weighted by molar-refractivity contribution is 6.36. The summed E-state index contributed by atoms with van der Waals surface area (Å²) in [5, 5.41) is 3.73. The first-order valence-electron chi connectivity index (χ1n) is 7.43. The minimum absolute atomic E-state index is 0.130. The Labute approximate surface area is 146 Å². The molecule has 0 spiro atoms. The molecular formula is C19H10ClNO4. The Kier molecular flexibility index (Phi) is 3.51. The molecule has 1 aliphatic heterocycles. The van der Waals surface area contributed by atoms with Crippen LogP contribution in [0.4, 0.5) is 5.69 Å². The van der Waals surface area contributed by atoms with E-state index in [9.17, 15) is 14.4 Å². The molecular weight excluding hydrogens is 342 g/mol. The van der Waals surface area contributed by atoms with E-state index in [1.807, 2.05) is 0 Å². The van der Waals surface area contributed by atoms with Crippen LogP contribution in [0.3, 0.4) is 0 Å². The Bertz CT molecular complexity index is 1140. The first-order valence-corrected chi connectivity index (χ1v) is 7.81. The number of allylic oxidation sites excluding steroid dienone is 1. The van der Waals surface area contributed by atoms with E-state index in [0.29, 0.717) is 27.2 Å². The van der Waals surface area contributed by atoms with E-state index in [2.05, 4.69) is 5.32 Å². The summed E-state index contributed by atoms with van der Waals surface area (Å²) in [4.78, 5) is 36.8. The predicted molar refractivity (Wildman–Crippen MR) is 94.9 cm³/mol. The van der Waals surface area contributed by atoms with Gasteiger partial charge in [0.1, 0.15) is 11.1 Å². The van der Waals surface area contributed by atoms with Crippen molar-refractivity contribution in [2.75, 3.05) is 5.32 Å². The maximum Gasteiger partial charge on any atom is 0.347 e. The van der Waals surface area contributed by atoms with Gasteiger partial charge in [-0.25, -0.2) is 4.79 Å². The summed E-state index contributed by atoms with van der Waals surface area (Å²) in [5.41, 5.74) is 0.775. The van der Waals surface area contributed by atoms with Gasteiger partial charge in [0.05, 0.1) is 5.57 Å². The summed E-state index contributed by atoms with van der Waals surface area (Å²) in [5.74, 6) is -1.02. The van der Waals surface area contributed by atoms with Crippen LogP contribution in [0.5, 0.6) is 0 Å². The van der Waals surface area contributed by atoms with Gasteiger partial charge in [-0.2, -0.15) is 0 Å². The highest BCUT2D eigenvalue weighted by Gasteiger charge is 2.26. The quantitative estimate of drug-likeness (QED) is 0.434. The lowest BCUT2D eigenvalue weighted by molar-refractivity contribution is -0.110. The maximum absolute atomic E-state index is 12.6. The average Bonchev–Trinajstić information content (AvgIpc) is 2.89. The van der Waals surface area contributed by atoms with Crippen molar-refractivity contribution in [3.05, 3.63) is 81.2 Å². The van der Waals surface area contributed by atoms with Crippen LogP contribution in [0, 0.1) is 0 Å². The lowest BCUT2D eigenvalue weighted by Crippen LogP contribution is -2.13. The molecule has 0 saturated heterocycles. The van der Waals surface area contributed by atoms with Crippen molar-refractivity contribution in [2.24, 2.45) is 0 Å². The van der Waals surface area contributed by atoms with Crippen molar-refractivity contribution in [1.29, 1.82) is 0 Å². The number of benzene rings is 2. The van der Waals surface area contributed by atoms with Crippen LogP contribution in [-0.4, -0.2) is 11.7 Å². The first-order chi connectivity index (χ1) is 12.0. The molecule has 0 bridgehead atoms. The third kappa shape index (κ3) is 2.64. The predicted octanol–water partition coefficient (Wildman–Crippen LogP) is 3.66. The molecule has 0 atom stereocenters.